The van der Waals surface area contributed by atoms with E-state index in [0.717, 1.165) is 12.5 Å². The molecule has 14 nitrogen and oxygen atoms in total. The number of carbonyl (C=O) groups excluding carboxylic acids is 3. The van der Waals surface area contributed by atoms with Crippen LogP contribution in [0.4, 0.5) is 0 Å². The average Bonchev–Trinajstić information content (AvgIpc) is 3.27. The van der Waals surface area contributed by atoms with Gasteiger partial charge in [0.2, 0.25) is 5.91 Å². The van der Waals surface area contributed by atoms with E-state index in [1.54, 1.807) is 21.3 Å². The number of nitrogens with one attached hydrogen (secondary N) is 1. The van der Waals surface area contributed by atoms with E-state index in [1.165, 1.54) is 21.3 Å². The third kappa shape index (κ3) is 16.8. The van der Waals surface area contributed by atoms with Gasteiger partial charge in [-0.25, -0.2) is 0 Å². The molecule has 0 aromatic carbocycles. The molecule has 0 aromatic rings. The van der Waals surface area contributed by atoms with Crippen LogP contribution in [0.3, 0.4) is 0 Å². The van der Waals surface area contributed by atoms with Gasteiger partial charge in [-0.3, -0.25) is 19.2 Å². The van der Waals surface area contributed by atoms with Crippen LogP contribution >= 0.6 is 0 Å². The van der Waals surface area contributed by atoms with Gasteiger partial charge in [0, 0.05) is 67.7 Å². The van der Waals surface area contributed by atoms with Gasteiger partial charge in [-0.15, -0.1) is 0 Å². The van der Waals surface area contributed by atoms with E-state index < -0.39 is 35.5 Å². The number of hydrogen-bond acceptors (Lipinski definition) is 12. The summed E-state index contributed by atoms with van der Waals surface area (Å²) in [4.78, 5) is 41.5. The molecule has 0 saturated carbocycles. The molecule has 0 aromatic heterocycles. The zero-order valence-electron chi connectivity index (χ0n) is 22.1. The molecule has 0 spiro atoms. The molecular weight excluding hydrogens is 516 g/mol. The number of carbonyl (C=O) groups is 4. The largest absolute Gasteiger partial charge is 0.500 e. The number of aliphatic carboxylic acids is 1. The lowest BCUT2D eigenvalue weighted by Gasteiger charge is -2.24. The molecule has 0 aliphatic carbocycles. The Hall–Kier alpha value is -1.77. The Labute approximate surface area is 214 Å². The highest BCUT2D eigenvalue weighted by molar-refractivity contribution is 6.60. The van der Waals surface area contributed by atoms with Crippen LogP contribution in [0.25, 0.3) is 0 Å². The van der Waals surface area contributed by atoms with Crippen molar-refractivity contribution < 1.29 is 55.6 Å². The first-order valence-electron chi connectivity index (χ1n) is 11.3. The highest BCUT2D eigenvalue weighted by atomic mass is 28.4. The van der Waals surface area contributed by atoms with Crippen LogP contribution in [0, 0.1) is 0 Å². The lowest BCUT2D eigenvalue weighted by atomic mass is 10.3. The van der Waals surface area contributed by atoms with Gasteiger partial charge < -0.3 is 47.4 Å². The normalized spacial score (nSPS) is 13.2. The van der Waals surface area contributed by atoms with Crippen molar-refractivity contribution in [1.29, 1.82) is 0 Å². The molecule has 36 heavy (non-hydrogen) atoms. The first-order chi connectivity index (χ1) is 17.0. The average molecular weight is 559 g/mol. The third-order valence-electron chi connectivity index (χ3n) is 4.86. The van der Waals surface area contributed by atoms with Crippen molar-refractivity contribution in [2.45, 2.75) is 50.6 Å². The van der Waals surface area contributed by atoms with Gasteiger partial charge in [0.05, 0.1) is 19.3 Å². The summed E-state index contributed by atoms with van der Waals surface area (Å²) in [5.41, 5.74) is 5.36. The highest BCUT2D eigenvalue weighted by Crippen LogP contribution is 2.14. The number of carboxylic acid groups (broad SMARTS) is 1. The minimum atomic E-state index is -2.57. The van der Waals surface area contributed by atoms with E-state index in [0.29, 0.717) is 25.6 Å². The molecule has 0 atom stereocenters. The second kappa shape index (κ2) is 21.3. The molecule has 212 valence electrons. The van der Waals surface area contributed by atoms with E-state index in [-0.39, 0.29) is 31.6 Å². The van der Waals surface area contributed by atoms with Gasteiger partial charge in [-0.1, -0.05) is 0 Å². The van der Waals surface area contributed by atoms with Crippen LogP contribution in [0.1, 0.15) is 38.5 Å². The molecule has 1 fully saturated rings. The summed E-state index contributed by atoms with van der Waals surface area (Å²) in [6.45, 7) is 1.09. The minimum absolute atomic E-state index is 0.00324. The molecule has 1 aliphatic heterocycles. The molecule has 1 rings (SSSR count). The van der Waals surface area contributed by atoms with Crippen LogP contribution in [0.2, 0.25) is 12.1 Å². The van der Waals surface area contributed by atoms with Crippen LogP contribution in [0.15, 0.2) is 0 Å². The highest BCUT2D eigenvalue weighted by Gasteiger charge is 2.37. The van der Waals surface area contributed by atoms with Crippen molar-refractivity contribution in [1.82, 2.24) is 5.32 Å². The van der Waals surface area contributed by atoms with Crippen molar-refractivity contribution in [2.75, 3.05) is 55.7 Å². The summed E-state index contributed by atoms with van der Waals surface area (Å²) in [6.07, 6.45) is 1.90. The Morgan fingerprint density at radius 1 is 0.833 bits per heavy atom. The fourth-order valence-corrected chi connectivity index (χ4v) is 6.18. The maximum Gasteiger partial charge on any atom is 0.500 e. The van der Waals surface area contributed by atoms with Gasteiger partial charge in [0.1, 0.15) is 0 Å². The van der Waals surface area contributed by atoms with Crippen LogP contribution < -0.4 is 11.1 Å². The molecule has 4 N–H and O–H groups in total. The van der Waals surface area contributed by atoms with Crippen LogP contribution in [0.5, 0.6) is 0 Å². The summed E-state index contributed by atoms with van der Waals surface area (Å²) >= 11 is 0. The number of carboxylic acids is 1. The second-order valence-electron chi connectivity index (χ2n) is 7.18. The molecule has 0 bridgehead atoms. The fraction of sp³-hybridized carbons (Fsp3) is 0.800. The molecule has 1 heterocycles. The minimum Gasteiger partial charge on any atom is -0.481 e. The Kier molecular flexibility index (Phi) is 21.6. The van der Waals surface area contributed by atoms with Crippen molar-refractivity contribution in [3.8, 4) is 0 Å². The van der Waals surface area contributed by atoms with Gasteiger partial charge in [0.25, 0.3) is 0 Å². The lowest BCUT2D eigenvalue weighted by Crippen LogP contribution is -2.43. The number of esters is 2. The number of ether oxygens (including phenoxy) is 1. The Bertz CT molecular complexity index is 616. The molecule has 0 unspecified atom stereocenters. The third-order valence-corrected chi connectivity index (χ3v) is 10.5. The monoisotopic (exact) mass is 558 g/mol. The number of cyclic esters (lactones) is 2. The summed E-state index contributed by atoms with van der Waals surface area (Å²) in [6, 6.07) is 1.38. The maximum absolute atomic E-state index is 11.2. The van der Waals surface area contributed by atoms with Crippen molar-refractivity contribution in [3.63, 3.8) is 0 Å². The zero-order chi connectivity index (χ0) is 28.0. The SMILES string of the molecule is CO[Si](CCCN)(OC)OC.CO[Si](CCCNC(=O)CCC(=O)O)(OC)OC.O=C1CCC(=O)O1. The number of rotatable bonds is 16. The molecule has 1 aliphatic rings. The van der Waals surface area contributed by atoms with Crippen LogP contribution in [-0.2, 0) is 50.5 Å². The van der Waals surface area contributed by atoms with Crippen LogP contribution in [-0.4, -0.2) is 102 Å². The van der Waals surface area contributed by atoms with E-state index in [4.69, 9.17) is 37.4 Å². The summed E-state index contributed by atoms with van der Waals surface area (Å²) in [5, 5.41) is 11.0. The predicted octanol–water partition coefficient (Wildman–Crippen LogP) is 0.299. The van der Waals surface area contributed by atoms with Crippen molar-refractivity contribution in [3.05, 3.63) is 0 Å². The number of nitrogens with two attached hydrogens (primary N) is 1. The smallest absolute Gasteiger partial charge is 0.481 e. The van der Waals surface area contributed by atoms with E-state index in [1.807, 2.05) is 0 Å². The lowest BCUT2D eigenvalue weighted by molar-refractivity contribution is -0.152. The summed E-state index contributed by atoms with van der Waals surface area (Å²) < 4.78 is 35.3. The molecule has 16 heteroatoms. The van der Waals surface area contributed by atoms with Crippen molar-refractivity contribution in [2.24, 2.45) is 5.73 Å². The molecule has 1 amide bonds. The van der Waals surface area contributed by atoms with E-state index >= 15 is 0 Å². The fourth-order valence-electron chi connectivity index (χ4n) is 2.71. The number of hydrogen-bond donors (Lipinski definition) is 3. The Morgan fingerprint density at radius 2 is 1.25 bits per heavy atom. The van der Waals surface area contributed by atoms with Gasteiger partial charge in [-0.05, 0) is 19.4 Å². The molecule has 1 saturated heterocycles. The summed E-state index contributed by atoms with van der Waals surface area (Å²) in [7, 11) is 4.53. The summed E-state index contributed by atoms with van der Waals surface area (Å²) in [5.74, 6) is -2.04. The Balaban J connectivity index is 0. The topological polar surface area (TPSA) is 191 Å². The van der Waals surface area contributed by atoms with E-state index in [2.05, 4.69) is 10.1 Å². The maximum atomic E-state index is 11.2. The molecule has 0 radical (unpaired) electrons. The standard InChI is InChI=1S/C10H21NO6Si.C6H17NO3Si.C4H4O3/c1-15-18(16-2,17-3)8-4-7-11-9(12)5-6-10(13)14;1-8-11(9-2,10-3)6-4-5-7;5-3-1-2-4(6)7-3/h4-8H2,1-3H3,(H,11,12)(H,13,14);4-7H2,1-3H3;1-2H2. The number of amides is 1. The second-order valence-corrected chi connectivity index (χ2v) is 13.4. The first-order valence-corrected chi connectivity index (χ1v) is 15.1. The van der Waals surface area contributed by atoms with Gasteiger partial charge in [-0.2, -0.15) is 0 Å². The first kappa shape index (κ1) is 36.4. The zero-order valence-corrected chi connectivity index (χ0v) is 24.1. The molecular formula is C20H42N2O12Si2. The van der Waals surface area contributed by atoms with E-state index in [9.17, 15) is 19.2 Å². The predicted molar refractivity (Wildman–Crippen MR) is 132 cm³/mol. The van der Waals surface area contributed by atoms with Gasteiger partial charge in [0.15, 0.2) is 0 Å². The Morgan fingerprint density at radius 3 is 1.56 bits per heavy atom. The van der Waals surface area contributed by atoms with Gasteiger partial charge >= 0.3 is 35.5 Å². The quantitative estimate of drug-likeness (QED) is 0.101. The van der Waals surface area contributed by atoms with Crippen molar-refractivity contribution >= 4 is 41.4 Å².